The molecule has 0 aliphatic carbocycles. The third kappa shape index (κ3) is 4.94. The average Bonchev–Trinajstić information content (AvgIpc) is 2.70. The Bertz CT molecular complexity index is 894. The Morgan fingerprint density at radius 1 is 0.963 bits per heavy atom. The first-order valence-electron chi connectivity index (χ1n) is 9.15. The standard InChI is InChI=1S/C23H25NO3/c1-16(18-8-4-3-5-9-18)24-22(15-27-17(2)25)23(26)21-13-12-19-10-6-7-11-20(19)14-21/h3-14,16,22-24,26H,15H2,1-2H3/t16-,22-,23-/m0/s1. The average molecular weight is 363 g/mol. The molecular weight excluding hydrogens is 338 g/mol. The lowest BCUT2D eigenvalue weighted by molar-refractivity contribution is -0.142. The molecule has 0 bridgehead atoms. The summed E-state index contributed by atoms with van der Waals surface area (Å²) in [7, 11) is 0. The fourth-order valence-corrected chi connectivity index (χ4v) is 3.22. The molecule has 0 saturated heterocycles. The molecular formula is C23H25NO3. The Labute approximate surface area is 159 Å². The molecule has 0 amide bonds. The summed E-state index contributed by atoms with van der Waals surface area (Å²) >= 11 is 0. The first-order valence-corrected chi connectivity index (χ1v) is 9.15. The molecule has 140 valence electrons. The number of rotatable bonds is 7. The maximum absolute atomic E-state index is 11.3. The number of fused-ring (bicyclic) bond motifs is 1. The number of ether oxygens (including phenoxy) is 1. The number of nitrogens with one attached hydrogen (secondary N) is 1. The minimum atomic E-state index is -0.805. The van der Waals surface area contributed by atoms with Gasteiger partial charge < -0.3 is 15.2 Å². The zero-order valence-corrected chi connectivity index (χ0v) is 15.6. The van der Waals surface area contributed by atoms with E-state index in [2.05, 4.69) is 5.32 Å². The van der Waals surface area contributed by atoms with Crippen molar-refractivity contribution in [2.45, 2.75) is 32.0 Å². The van der Waals surface area contributed by atoms with Crippen LogP contribution in [0.5, 0.6) is 0 Å². The van der Waals surface area contributed by atoms with E-state index in [9.17, 15) is 9.90 Å². The Hall–Kier alpha value is -2.69. The Morgan fingerprint density at radius 3 is 2.33 bits per heavy atom. The van der Waals surface area contributed by atoms with Gasteiger partial charge in [-0.25, -0.2) is 0 Å². The maximum Gasteiger partial charge on any atom is 0.302 e. The third-order valence-corrected chi connectivity index (χ3v) is 4.73. The van der Waals surface area contributed by atoms with Crippen molar-refractivity contribution in [2.24, 2.45) is 0 Å². The van der Waals surface area contributed by atoms with Crippen LogP contribution in [0.1, 0.15) is 37.1 Å². The van der Waals surface area contributed by atoms with Crippen LogP contribution in [0.3, 0.4) is 0 Å². The highest BCUT2D eigenvalue weighted by Gasteiger charge is 2.24. The maximum atomic E-state index is 11.3. The van der Waals surface area contributed by atoms with Gasteiger partial charge in [0.2, 0.25) is 0 Å². The normalized spacial score (nSPS) is 14.5. The van der Waals surface area contributed by atoms with E-state index in [4.69, 9.17) is 4.74 Å². The predicted octanol–water partition coefficient (Wildman–Crippen LogP) is 4.16. The molecule has 0 saturated carbocycles. The van der Waals surface area contributed by atoms with Crippen LogP contribution in [0.25, 0.3) is 10.8 Å². The molecule has 0 radical (unpaired) electrons. The quantitative estimate of drug-likeness (QED) is 0.619. The van der Waals surface area contributed by atoms with Crippen LogP contribution in [0.2, 0.25) is 0 Å². The van der Waals surface area contributed by atoms with Crippen molar-refractivity contribution in [3.63, 3.8) is 0 Å². The molecule has 0 fully saturated rings. The van der Waals surface area contributed by atoms with Crippen LogP contribution in [0.4, 0.5) is 0 Å². The van der Waals surface area contributed by atoms with Crippen molar-refractivity contribution in [1.82, 2.24) is 5.32 Å². The summed E-state index contributed by atoms with van der Waals surface area (Å²) < 4.78 is 5.21. The second-order valence-electron chi connectivity index (χ2n) is 6.76. The van der Waals surface area contributed by atoms with Crippen LogP contribution in [0, 0.1) is 0 Å². The fourth-order valence-electron chi connectivity index (χ4n) is 3.22. The molecule has 3 aromatic carbocycles. The number of aliphatic hydroxyl groups is 1. The highest BCUT2D eigenvalue weighted by Crippen LogP contribution is 2.24. The SMILES string of the molecule is CC(=O)OC[C@H](N[C@@H](C)c1ccccc1)[C@@H](O)c1ccc2ccccc2c1. The molecule has 0 spiro atoms. The zero-order valence-electron chi connectivity index (χ0n) is 15.6. The molecule has 0 aliphatic rings. The number of hydrogen-bond donors (Lipinski definition) is 2. The molecule has 0 aromatic heterocycles. The van der Waals surface area contributed by atoms with Crippen LogP contribution in [-0.4, -0.2) is 23.7 Å². The Balaban J connectivity index is 1.82. The van der Waals surface area contributed by atoms with Crippen molar-refractivity contribution >= 4 is 16.7 Å². The van der Waals surface area contributed by atoms with E-state index in [-0.39, 0.29) is 18.6 Å². The number of benzene rings is 3. The molecule has 0 unspecified atom stereocenters. The van der Waals surface area contributed by atoms with Crippen LogP contribution in [-0.2, 0) is 9.53 Å². The second kappa shape index (κ2) is 8.80. The van der Waals surface area contributed by atoms with Gasteiger partial charge in [-0.2, -0.15) is 0 Å². The van der Waals surface area contributed by atoms with Crippen molar-refractivity contribution in [3.05, 3.63) is 83.9 Å². The topological polar surface area (TPSA) is 58.6 Å². The molecule has 2 N–H and O–H groups in total. The van der Waals surface area contributed by atoms with Gasteiger partial charge in [0.25, 0.3) is 0 Å². The van der Waals surface area contributed by atoms with Gasteiger partial charge in [0.05, 0.1) is 12.1 Å². The minimum Gasteiger partial charge on any atom is -0.464 e. The van der Waals surface area contributed by atoms with Gasteiger partial charge in [-0.3, -0.25) is 4.79 Å². The van der Waals surface area contributed by atoms with E-state index in [1.807, 2.05) is 79.7 Å². The van der Waals surface area contributed by atoms with Gasteiger partial charge in [0.1, 0.15) is 6.61 Å². The van der Waals surface area contributed by atoms with Gasteiger partial charge >= 0.3 is 5.97 Å². The monoisotopic (exact) mass is 363 g/mol. The molecule has 0 heterocycles. The van der Waals surface area contributed by atoms with E-state index < -0.39 is 12.1 Å². The Kier molecular flexibility index (Phi) is 6.22. The molecule has 4 nitrogen and oxygen atoms in total. The fraction of sp³-hybridized carbons (Fsp3) is 0.261. The molecule has 3 atom stereocenters. The number of hydrogen-bond acceptors (Lipinski definition) is 4. The summed E-state index contributed by atoms with van der Waals surface area (Å²) in [6.07, 6.45) is -0.805. The van der Waals surface area contributed by atoms with Crippen molar-refractivity contribution in [2.75, 3.05) is 6.61 Å². The van der Waals surface area contributed by atoms with E-state index >= 15 is 0 Å². The van der Waals surface area contributed by atoms with Gasteiger partial charge in [-0.15, -0.1) is 0 Å². The number of esters is 1. The molecule has 3 rings (SSSR count). The van der Waals surface area contributed by atoms with Gasteiger partial charge in [0, 0.05) is 13.0 Å². The summed E-state index contributed by atoms with van der Waals surface area (Å²) in [5.74, 6) is -0.361. The smallest absolute Gasteiger partial charge is 0.302 e. The lowest BCUT2D eigenvalue weighted by Crippen LogP contribution is -2.40. The zero-order chi connectivity index (χ0) is 19.2. The third-order valence-electron chi connectivity index (χ3n) is 4.73. The number of carbonyl (C=O) groups is 1. The number of aliphatic hydroxyl groups excluding tert-OH is 1. The van der Waals surface area contributed by atoms with Gasteiger partial charge in [-0.05, 0) is 34.9 Å². The number of carbonyl (C=O) groups excluding carboxylic acids is 1. The van der Waals surface area contributed by atoms with Crippen molar-refractivity contribution in [3.8, 4) is 0 Å². The molecule has 27 heavy (non-hydrogen) atoms. The largest absolute Gasteiger partial charge is 0.464 e. The summed E-state index contributed by atoms with van der Waals surface area (Å²) in [6.45, 7) is 3.50. The van der Waals surface area contributed by atoms with Crippen LogP contribution < -0.4 is 5.32 Å². The predicted molar refractivity (Wildman–Crippen MR) is 107 cm³/mol. The molecule has 0 aliphatic heterocycles. The van der Waals surface area contributed by atoms with Gasteiger partial charge in [0.15, 0.2) is 0 Å². The second-order valence-corrected chi connectivity index (χ2v) is 6.76. The lowest BCUT2D eigenvalue weighted by atomic mass is 9.98. The lowest BCUT2D eigenvalue weighted by Gasteiger charge is -2.28. The summed E-state index contributed by atoms with van der Waals surface area (Å²) in [5, 5.41) is 16.6. The van der Waals surface area contributed by atoms with Gasteiger partial charge in [-0.1, -0.05) is 66.7 Å². The minimum absolute atomic E-state index is 0.00173. The summed E-state index contributed by atoms with van der Waals surface area (Å²) in [6, 6.07) is 23.5. The van der Waals surface area contributed by atoms with Crippen molar-refractivity contribution in [1.29, 1.82) is 0 Å². The van der Waals surface area contributed by atoms with E-state index in [1.54, 1.807) is 0 Å². The first kappa shape index (κ1) is 19.1. The molecule has 3 aromatic rings. The molecule has 4 heteroatoms. The highest BCUT2D eigenvalue weighted by atomic mass is 16.5. The van der Waals surface area contributed by atoms with Crippen LogP contribution in [0.15, 0.2) is 72.8 Å². The highest BCUT2D eigenvalue weighted by molar-refractivity contribution is 5.83. The van der Waals surface area contributed by atoms with E-state index in [0.29, 0.717) is 0 Å². The van der Waals surface area contributed by atoms with Crippen molar-refractivity contribution < 1.29 is 14.6 Å². The van der Waals surface area contributed by atoms with Crippen LogP contribution >= 0.6 is 0 Å². The summed E-state index contributed by atoms with van der Waals surface area (Å²) in [4.78, 5) is 11.3. The van der Waals surface area contributed by atoms with E-state index in [1.165, 1.54) is 6.92 Å². The first-order chi connectivity index (χ1) is 13.0. The Morgan fingerprint density at radius 2 is 1.63 bits per heavy atom. The van der Waals surface area contributed by atoms with E-state index in [0.717, 1.165) is 21.9 Å². The summed E-state index contributed by atoms with van der Waals surface area (Å²) in [5.41, 5.74) is 1.90.